The van der Waals surface area contributed by atoms with Crippen molar-refractivity contribution in [2.75, 3.05) is 5.32 Å². The lowest BCUT2D eigenvalue weighted by atomic mass is 9.90. The molecule has 12 heteroatoms. The lowest BCUT2D eigenvalue weighted by molar-refractivity contribution is -0.144. The number of carbonyl (C=O) groups is 6. The maximum absolute atomic E-state index is 14.4. The molecule has 2 bridgehead atoms. The van der Waals surface area contributed by atoms with Crippen molar-refractivity contribution in [3.63, 3.8) is 0 Å². The molecule has 57 heavy (non-hydrogen) atoms. The Morgan fingerprint density at radius 3 is 1.81 bits per heavy atom. The van der Waals surface area contributed by atoms with Crippen molar-refractivity contribution in [2.45, 2.75) is 63.1 Å². The average Bonchev–Trinajstić information content (AvgIpc) is 3.73. The number of rotatable bonds is 8. The van der Waals surface area contributed by atoms with Crippen LogP contribution in [0.2, 0.25) is 0 Å². The van der Waals surface area contributed by atoms with Crippen molar-refractivity contribution >= 4 is 52.4 Å². The molecule has 0 unspecified atom stereocenters. The fraction of sp³-hybridized carbons (Fsp3) is 0.244. The third-order valence-electron chi connectivity index (χ3n) is 9.85. The Labute approximate surface area is 334 Å². The van der Waals surface area contributed by atoms with Gasteiger partial charge in [0.2, 0.25) is 23.6 Å². The number of hydrogen-bond acceptors (Lipinski definition) is 7. The number of fused-ring (bicyclic) bond motifs is 18. The molecule has 0 fully saturated rings. The quantitative estimate of drug-likeness (QED) is 0.129. The topological polar surface area (TPSA) is 171 Å². The predicted octanol–water partition coefficient (Wildman–Crippen LogP) is 5.53. The number of carboxylic acids is 1. The van der Waals surface area contributed by atoms with Gasteiger partial charge in [0.25, 0.3) is 0 Å². The van der Waals surface area contributed by atoms with Crippen LogP contribution in [0.1, 0.15) is 40.8 Å². The van der Waals surface area contributed by atoms with Crippen LogP contribution in [0.5, 0.6) is 0 Å². The Morgan fingerprint density at radius 1 is 0.579 bits per heavy atom. The first-order valence-electron chi connectivity index (χ1n) is 18.8. The summed E-state index contributed by atoms with van der Waals surface area (Å²) in [4.78, 5) is 82.0. The third kappa shape index (κ3) is 11.8. The molecule has 0 radical (unpaired) electrons. The molecule has 4 aromatic carbocycles. The van der Waals surface area contributed by atoms with Crippen molar-refractivity contribution in [3.05, 3.63) is 148 Å². The Morgan fingerprint density at radius 2 is 1.16 bits per heavy atom. The van der Waals surface area contributed by atoms with E-state index in [2.05, 4.69) is 21.3 Å². The summed E-state index contributed by atoms with van der Waals surface area (Å²) in [6.45, 7) is 0. The summed E-state index contributed by atoms with van der Waals surface area (Å²) in [5, 5.41) is 23.3. The lowest BCUT2D eigenvalue weighted by Crippen LogP contribution is -2.57. The van der Waals surface area contributed by atoms with E-state index in [1.807, 2.05) is 102 Å². The maximum Gasteiger partial charge on any atom is 0.307 e. The van der Waals surface area contributed by atoms with Gasteiger partial charge in [-0.2, -0.15) is 0 Å². The van der Waals surface area contributed by atoms with Crippen molar-refractivity contribution < 1.29 is 33.9 Å². The molecule has 4 amide bonds. The summed E-state index contributed by atoms with van der Waals surface area (Å²) in [5.41, 5.74) is 4.55. The van der Waals surface area contributed by atoms with Crippen LogP contribution in [0.25, 0.3) is 11.1 Å². The minimum Gasteiger partial charge on any atom is -0.481 e. The van der Waals surface area contributed by atoms with E-state index < -0.39 is 59.4 Å². The molecule has 5 N–H and O–H groups in total. The Kier molecular flexibility index (Phi) is 13.7. The highest BCUT2D eigenvalue weighted by molar-refractivity contribution is 7.09. The molecule has 2 aliphatic rings. The van der Waals surface area contributed by atoms with E-state index in [-0.39, 0.29) is 44.9 Å². The number of Topliss-reactive ketones (excluding diaryl/α,β-unsaturated/α-hetero) is 1. The number of nitrogens with one attached hydrogen (secondary N) is 4. The second-order valence-electron chi connectivity index (χ2n) is 14.1. The summed E-state index contributed by atoms with van der Waals surface area (Å²) in [5.74, 6) is -4.95. The van der Waals surface area contributed by atoms with E-state index in [0.717, 1.165) is 27.1 Å². The molecule has 0 aliphatic carbocycles. The highest BCUT2D eigenvalue weighted by Gasteiger charge is 2.32. The van der Waals surface area contributed by atoms with E-state index >= 15 is 0 Å². The smallest absolute Gasteiger partial charge is 0.307 e. The number of carbonyl (C=O) groups excluding carboxylic acids is 5. The number of aliphatic carboxylic acids is 1. The zero-order valence-corrected chi connectivity index (χ0v) is 32.0. The van der Waals surface area contributed by atoms with Crippen LogP contribution in [0.3, 0.4) is 0 Å². The highest BCUT2D eigenvalue weighted by atomic mass is 32.1. The molecular weight excluding hydrogens is 741 g/mol. The molecule has 5 aromatic rings. The van der Waals surface area contributed by atoms with Gasteiger partial charge in [-0.05, 0) is 64.2 Å². The van der Waals surface area contributed by atoms with E-state index in [1.165, 1.54) is 11.3 Å². The molecule has 0 saturated heterocycles. The van der Waals surface area contributed by atoms with E-state index in [9.17, 15) is 33.9 Å². The number of ketones is 1. The summed E-state index contributed by atoms with van der Waals surface area (Å²) in [7, 11) is 0. The van der Waals surface area contributed by atoms with Gasteiger partial charge < -0.3 is 26.4 Å². The Hall–Kier alpha value is -6.40. The summed E-state index contributed by atoms with van der Waals surface area (Å²) < 4.78 is 0. The summed E-state index contributed by atoms with van der Waals surface area (Å²) >= 11 is 1.41. The number of carboxylic acid groups (broad SMARTS) is 1. The first-order chi connectivity index (χ1) is 27.6. The number of anilines is 1. The van der Waals surface area contributed by atoms with Crippen LogP contribution < -0.4 is 21.3 Å². The van der Waals surface area contributed by atoms with E-state index in [0.29, 0.717) is 11.3 Å². The molecule has 0 spiro atoms. The number of thiophene rings is 1. The van der Waals surface area contributed by atoms with Crippen LogP contribution in [0.15, 0.2) is 127 Å². The fourth-order valence-electron chi connectivity index (χ4n) is 6.75. The van der Waals surface area contributed by atoms with Gasteiger partial charge in [-0.15, -0.1) is 11.3 Å². The number of hydrogen-bond donors (Lipinski definition) is 5. The number of benzene rings is 4. The van der Waals surface area contributed by atoms with Gasteiger partial charge in [0.05, 0.1) is 12.0 Å². The van der Waals surface area contributed by atoms with Gasteiger partial charge in [-0.1, -0.05) is 103 Å². The zero-order valence-electron chi connectivity index (χ0n) is 31.2. The first kappa shape index (κ1) is 40.3. The monoisotopic (exact) mass is 784 g/mol. The Bertz CT molecular complexity index is 2160. The van der Waals surface area contributed by atoms with Crippen LogP contribution in [0.4, 0.5) is 5.69 Å². The molecule has 1 aromatic heterocycles. The lowest BCUT2D eigenvalue weighted by Gasteiger charge is -2.26. The normalized spacial score (nSPS) is 20.0. The molecule has 2 aliphatic heterocycles. The van der Waals surface area contributed by atoms with Gasteiger partial charge >= 0.3 is 5.97 Å². The van der Waals surface area contributed by atoms with Crippen LogP contribution >= 0.6 is 11.3 Å². The summed E-state index contributed by atoms with van der Waals surface area (Å²) in [6.07, 6.45) is -0.402. The Balaban J connectivity index is 1.34. The van der Waals surface area contributed by atoms with Gasteiger partial charge in [0, 0.05) is 42.7 Å². The van der Waals surface area contributed by atoms with Crippen molar-refractivity contribution in [1.29, 1.82) is 0 Å². The standard InChI is InChI=1S/C45H44N4O7S/c50-40-27-34(45(55)56)24-30-15-19-35(20-16-30)46-41(51)21-22-42(52)47-39(28-36-12-7-23-57-36)44(54)49-38(43(53)48-37(40)25-29-8-3-1-4-9-29)26-31-13-17-33(18-14-31)32-10-5-2-6-11-32/h1-20,23,34,37-39H,21-22,24-28H2,(H,46,51)(H,47,52)(H,48,53)(H,49,54)(H,55,56)/t34-,37+,38-,39+/m0/s1. The van der Waals surface area contributed by atoms with E-state index in [1.54, 1.807) is 24.3 Å². The zero-order chi connectivity index (χ0) is 40.1. The molecule has 7 rings (SSSR count). The van der Waals surface area contributed by atoms with Crippen LogP contribution in [-0.4, -0.2) is 58.6 Å². The minimum atomic E-state index is -1.19. The molecule has 4 atom stereocenters. The summed E-state index contributed by atoms with van der Waals surface area (Å²) in [6, 6.07) is 33.4. The van der Waals surface area contributed by atoms with Crippen LogP contribution in [0, 0.1) is 5.92 Å². The van der Waals surface area contributed by atoms with Crippen molar-refractivity contribution in [1.82, 2.24) is 16.0 Å². The van der Waals surface area contributed by atoms with E-state index in [4.69, 9.17) is 0 Å². The fourth-order valence-corrected chi connectivity index (χ4v) is 7.50. The molecule has 292 valence electrons. The molecule has 11 nitrogen and oxygen atoms in total. The van der Waals surface area contributed by atoms with Gasteiger partial charge in [-0.3, -0.25) is 28.8 Å². The molecule has 3 heterocycles. The van der Waals surface area contributed by atoms with Gasteiger partial charge in [0.1, 0.15) is 12.1 Å². The van der Waals surface area contributed by atoms with Gasteiger partial charge in [-0.25, -0.2) is 0 Å². The average molecular weight is 785 g/mol. The van der Waals surface area contributed by atoms with Gasteiger partial charge in [0.15, 0.2) is 5.78 Å². The second kappa shape index (κ2) is 19.5. The molecular formula is C45H44N4O7S. The van der Waals surface area contributed by atoms with Crippen molar-refractivity contribution in [3.8, 4) is 11.1 Å². The predicted molar refractivity (Wildman–Crippen MR) is 218 cm³/mol. The third-order valence-corrected chi connectivity index (χ3v) is 10.8. The number of amides is 4. The first-order valence-corrected chi connectivity index (χ1v) is 19.7. The van der Waals surface area contributed by atoms with Crippen LogP contribution in [-0.2, 0) is 54.5 Å². The molecule has 0 saturated carbocycles. The maximum atomic E-state index is 14.4. The second-order valence-corrected chi connectivity index (χ2v) is 15.2. The SMILES string of the molecule is O=C1CCC(=O)N[C@H](Cc2cccs2)C(=O)N[C@@H](Cc2ccc(-c3ccccc3)cc2)C(=O)N[C@H](Cc2ccccc2)C(=O)C[C@@H](C(=O)O)Cc2ccc(cc2)N1. The largest absolute Gasteiger partial charge is 0.481 e. The van der Waals surface area contributed by atoms with Crippen molar-refractivity contribution in [2.24, 2.45) is 5.92 Å². The minimum absolute atomic E-state index is 0.0325. The highest BCUT2D eigenvalue weighted by Crippen LogP contribution is 2.22.